The minimum atomic E-state index is 0.356. The van der Waals surface area contributed by atoms with Gasteiger partial charge in [0.15, 0.2) is 0 Å². The maximum Gasteiger partial charge on any atom is 0.136 e. The summed E-state index contributed by atoms with van der Waals surface area (Å²) in [7, 11) is 2.09. The molecule has 0 aromatic carbocycles. The van der Waals surface area contributed by atoms with E-state index in [2.05, 4.69) is 11.9 Å². The summed E-state index contributed by atoms with van der Waals surface area (Å²) in [6, 6.07) is 0.713. The third kappa shape index (κ3) is 1.19. The molecule has 3 heteroatoms. The van der Waals surface area contributed by atoms with Gasteiger partial charge in [0.2, 0.25) is 0 Å². The summed E-state index contributed by atoms with van der Waals surface area (Å²) in [4.78, 5) is 13.4. The first kappa shape index (κ1) is 7.25. The Morgan fingerprint density at radius 3 is 2.45 bits per heavy atom. The van der Waals surface area contributed by atoms with Gasteiger partial charge < -0.3 is 4.74 Å². The average Bonchev–Trinajstić information content (AvgIpc) is 1.92. The molecule has 2 saturated heterocycles. The maximum absolute atomic E-state index is 11.1. The fourth-order valence-corrected chi connectivity index (χ4v) is 1.89. The summed E-state index contributed by atoms with van der Waals surface area (Å²) < 4.78 is 5.36. The molecule has 0 aromatic rings. The Labute approximate surface area is 66.3 Å². The Hall–Kier alpha value is -0.410. The van der Waals surface area contributed by atoms with Crippen molar-refractivity contribution < 1.29 is 9.53 Å². The van der Waals surface area contributed by atoms with Crippen molar-refractivity contribution in [3.63, 3.8) is 0 Å². The van der Waals surface area contributed by atoms with E-state index in [4.69, 9.17) is 4.74 Å². The highest BCUT2D eigenvalue weighted by Crippen LogP contribution is 2.22. The number of Topliss-reactive ketones (excluding diaryl/α,β-unsaturated/α-hetero) is 1. The number of piperidine rings is 1. The SMILES string of the molecule is CN1[C@@H]2COC[C@@H]1CC(=O)C2. The molecule has 2 aliphatic heterocycles. The van der Waals surface area contributed by atoms with Gasteiger partial charge in [-0.15, -0.1) is 0 Å². The van der Waals surface area contributed by atoms with E-state index in [0.29, 0.717) is 30.7 Å². The van der Waals surface area contributed by atoms with E-state index in [9.17, 15) is 4.79 Å². The molecule has 0 spiro atoms. The highest BCUT2D eigenvalue weighted by Gasteiger charge is 2.35. The zero-order valence-electron chi connectivity index (χ0n) is 6.75. The van der Waals surface area contributed by atoms with Crippen LogP contribution in [0.4, 0.5) is 0 Å². The second-order valence-electron chi connectivity index (χ2n) is 3.46. The molecule has 2 heterocycles. The van der Waals surface area contributed by atoms with E-state index in [1.807, 2.05) is 0 Å². The molecule has 2 bridgehead atoms. The third-order valence-corrected chi connectivity index (χ3v) is 2.70. The first-order chi connectivity index (χ1) is 5.27. The lowest BCUT2D eigenvalue weighted by Crippen LogP contribution is -2.55. The molecule has 0 saturated carbocycles. The van der Waals surface area contributed by atoms with E-state index in [-0.39, 0.29) is 0 Å². The summed E-state index contributed by atoms with van der Waals surface area (Å²) in [6.45, 7) is 1.47. The molecule has 2 rings (SSSR count). The van der Waals surface area contributed by atoms with Crippen molar-refractivity contribution in [3.8, 4) is 0 Å². The quantitative estimate of drug-likeness (QED) is 0.495. The van der Waals surface area contributed by atoms with Gasteiger partial charge in [0.05, 0.1) is 13.2 Å². The minimum absolute atomic E-state index is 0.356. The summed E-state index contributed by atoms with van der Waals surface area (Å²) in [5.41, 5.74) is 0. The van der Waals surface area contributed by atoms with Gasteiger partial charge in [-0.3, -0.25) is 9.69 Å². The predicted octanol–water partition coefficient (Wildman–Crippen LogP) is 0.0485. The molecule has 62 valence electrons. The van der Waals surface area contributed by atoms with E-state index in [0.717, 1.165) is 13.2 Å². The molecular weight excluding hydrogens is 142 g/mol. The second kappa shape index (κ2) is 2.57. The van der Waals surface area contributed by atoms with Crippen LogP contribution in [0.15, 0.2) is 0 Å². The number of morpholine rings is 1. The number of likely N-dealkylation sites (N-methyl/N-ethyl adjacent to an activating group) is 1. The predicted molar refractivity (Wildman–Crippen MR) is 40.4 cm³/mol. The van der Waals surface area contributed by atoms with Crippen molar-refractivity contribution in [2.75, 3.05) is 20.3 Å². The zero-order chi connectivity index (χ0) is 7.84. The van der Waals surface area contributed by atoms with Crippen LogP contribution in [0.25, 0.3) is 0 Å². The van der Waals surface area contributed by atoms with Crippen LogP contribution in [0.3, 0.4) is 0 Å². The van der Waals surface area contributed by atoms with Crippen LogP contribution >= 0.6 is 0 Å². The number of hydrogen-bond acceptors (Lipinski definition) is 3. The lowest BCUT2D eigenvalue weighted by molar-refractivity contribution is -0.133. The molecule has 0 radical (unpaired) electrons. The highest BCUT2D eigenvalue weighted by molar-refractivity contribution is 5.80. The molecule has 0 aliphatic carbocycles. The minimum Gasteiger partial charge on any atom is -0.378 e. The van der Waals surface area contributed by atoms with Crippen molar-refractivity contribution in [1.29, 1.82) is 0 Å². The van der Waals surface area contributed by atoms with Gasteiger partial charge in [-0.25, -0.2) is 0 Å². The van der Waals surface area contributed by atoms with Crippen molar-refractivity contribution in [2.45, 2.75) is 24.9 Å². The monoisotopic (exact) mass is 155 g/mol. The third-order valence-electron chi connectivity index (χ3n) is 2.70. The Morgan fingerprint density at radius 1 is 1.36 bits per heavy atom. The van der Waals surface area contributed by atoms with E-state index >= 15 is 0 Å². The molecule has 0 aromatic heterocycles. The summed E-state index contributed by atoms with van der Waals surface area (Å²) in [6.07, 6.45) is 1.38. The molecule has 0 unspecified atom stereocenters. The molecule has 0 N–H and O–H groups in total. The number of fused-ring (bicyclic) bond motifs is 2. The van der Waals surface area contributed by atoms with E-state index in [1.54, 1.807) is 0 Å². The molecule has 11 heavy (non-hydrogen) atoms. The molecular formula is C8H13NO2. The molecule has 3 nitrogen and oxygen atoms in total. The largest absolute Gasteiger partial charge is 0.378 e. The number of ether oxygens (including phenoxy) is 1. The van der Waals surface area contributed by atoms with Crippen LogP contribution in [0.1, 0.15) is 12.8 Å². The second-order valence-corrected chi connectivity index (χ2v) is 3.46. The highest BCUT2D eigenvalue weighted by atomic mass is 16.5. The van der Waals surface area contributed by atoms with Crippen molar-refractivity contribution in [3.05, 3.63) is 0 Å². The van der Waals surface area contributed by atoms with Crippen molar-refractivity contribution >= 4 is 5.78 Å². The van der Waals surface area contributed by atoms with Gasteiger partial charge in [0.1, 0.15) is 5.78 Å². The molecule has 2 atom stereocenters. The average molecular weight is 155 g/mol. The Morgan fingerprint density at radius 2 is 1.91 bits per heavy atom. The van der Waals surface area contributed by atoms with E-state index < -0.39 is 0 Å². The molecule has 2 fully saturated rings. The van der Waals surface area contributed by atoms with E-state index in [1.165, 1.54) is 0 Å². The number of carbonyl (C=O) groups is 1. The number of hydrogen-bond donors (Lipinski definition) is 0. The van der Waals surface area contributed by atoms with Crippen LogP contribution < -0.4 is 0 Å². The first-order valence-electron chi connectivity index (χ1n) is 4.09. The summed E-state index contributed by atoms with van der Waals surface area (Å²) in [5, 5.41) is 0. The van der Waals surface area contributed by atoms with Gasteiger partial charge in [-0.05, 0) is 7.05 Å². The van der Waals surface area contributed by atoms with Gasteiger partial charge >= 0.3 is 0 Å². The fraction of sp³-hybridized carbons (Fsp3) is 0.875. The van der Waals surface area contributed by atoms with Gasteiger partial charge in [-0.2, -0.15) is 0 Å². The Bertz CT molecular complexity index is 165. The van der Waals surface area contributed by atoms with Gasteiger partial charge in [-0.1, -0.05) is 0 Å². The number of rotatable bonds is 0. The van der Waals surface area contributed by atoms with Crippen molar-refractivity contribution in [1.82, 2.24) is 4.90 Å². The fourth-order valence-electron chi connectivity index (χ4n) is 1.89. The normalized spacial score (nSPS) is 39.2. The summed E-state index contributed by atoms with van der Waals surface area (Å²) in [5.74, 6) is 0.404. The zero-order valence-corrected chi connectivity index (χ0v) is 6.75. The maximum atomic E-state index is 11.1. The molecule has 0 amide bonds. The summed E-state index contributed by atoms with van der Waals surface area (Å²) >= 11 is 0. The number of carbonyl (C=O) groups excluding carboxylic acids is 1. The van der Waals surface area contributed by atoms with Crippen LogP contribution in [0.2, 0.25) is 0 Å². The standard InChI is InChI=1S/C8H13NO2/c1-9-6-2-8(10)3-7(9)5-11-4-6/h6-7H,2-5H2,1H3/t6-,7-/m0/s1. The van der Waals surface area contributed by atoms with Gasteiger partial charge in [0.25, 0.3) is 0 Å². The lowest BCUT2D eigenvalue weighted by atomic mass is 9.94. The van der Waals surface area contributed by atoms with Crippen molar-refractivity contribution in [2.24, 2.45) is 0 Å². The number of ketones is 1. The first-order valence-corrected chi connectivity index (χ1v) is 4.09. The van der Waals surface area contributed by atoms with Crippen LogP contribution in [0, 0.1) is 0 Å². The van der Waals surface area contributed by atoms with Crippen LogP contribution in [0.5, 0.6) is 0 Å². The molecule has 2 aliphatic rings. The topological polar surface area (TPSA) is 29.5 Å². The van der Waals surface area contributed by atoms with Crippen LogP contribution in [-0.4, -0.2) is 43.0 Å². The van der Waals surface area contributed by atoms with Crippen LogP contribution in [-0.2, 0) is 9.53 Å². The number of nitrogens with zero attached hydrogens (tertiary/aromatic N) is 1. The smallest absolute Gasteiger partial charge is 0.136 e. The Balaban J connectivity index is 2.12. The van der Waals surface area contributed by atoms with Gasteiger partial charge in [0, 0.05) is 24.9 Å². The Kier molecular flexibility index (Phi) is 1.69. The lowest BCUT2D eigenvalue weighted by Gasteiger charge is -2.42.